The maximum atomic E-state index is 13.5. The summed E-state index contributed by atoms with van der Waals surface area (Å²) in [5.41, 5.74) is 22.2. The van der Waals surface area contributed by atoms with Gasteiger partial charge < -0.3 is 19.9 Å². The van der Waals surface area contributed by atoms with Crippen molar-refractivity contribution in [2.45, 2.75) is 63.9 Å². The molecule has 1 saturated carbocycles. The summed E-state index contributed by atoms with van der Waals surface area (Å²) in [7, 11) is 0. The maximum Gasteiger partial charge on any atom is 0.326 e. The van der Waals surface area contributed by atoms with Gasteiger partial charge in [-0.05, 0) is 97.9 Å². The highest BCUT2D eigenvalue weighted by Gasteiger charge is 2.29. The lowest BCUT2D eigenvalue weighted by molar-refractivity contribution is -0.138. The van der Waals surface area contributed by atoms with Gasteiger partial charge in [0.25, 0.3) is 5.97 Å². The monoisotopic (exact) mass is 573 g/mol. The van der Waals surface area contributed by atoms with Gasteiger partial charge >= 0.3 is 12.0 Å². The number of aliphatic carboxylic acids is 1. The number of benzene rings is 3. The van der Waals surface area contributed by atoms with Gasteiger partial charge in [-0.1, -0.05) is 36.4 Å². The first-order valence-corrected chi connectivity index (χ1v) is 14.3. The van der Waals surface area contributed by atoms with Gasteiger partial charge in [-0.2, -0.15) is 0 Å². The molecule has 3 aromatic carbocycles. The molecule has 2 aliphatic rings. The topological polar surface area (TPSA) is 166 Å². The summed E-state index contributed by atoms with van der Waals surface area (Å²) in [6.07, 6.45) is 3.98. The van der Waals surface area contributed by atoms with E-state index in [9.17, 15) is 9.59 Å². The molecule has 5 rings (SSSR count). The van der Waals surface area contributed by atoms with Crippen LogP contribution in [0.5, 0.6) is 11.5 Å². The third-order valence-corrected chi connectivity index (χ3v) is 7.95. The summed E-state index contributed by atoms with van der Waals surface area (Å²) in [4.78, 5) is 26.2. The Morgan fingerprint density at radius 3 is 2.36 bits per heavy atom. The number of amides is 2. The van der Waals surface area contributed by atoms with Gasteiger partial charge in [0.05, 0.1) is 17.9 Å². The van der Waals surface area contributed by atoms with Crippen LogP contribution in [-0.4, -0.2) is 35.7 Å². The molecule has 3 aromatic rings. The molecule has 1 unspecified atom stereocenters. The third-order valence-electron chi connectivity index (χ3n) is 7.95. The van der Waals surface area contributed by atoms with Crippen LogP contribution in [0.3, 0.4) is 0 Å². The molecule has 1 fully saturated rings. The average Bonchev–Trinajstić information content (AvgIpc) is 2.93. The van der Waals surface area contributed by atoms with Crippen molar-refractivity contribution >= 4 is 23.4 Å². The molecule has 8 N–H and O–H groups in total. The molecular weight excluding hydrogens is 534 g/mol. The molecule has 0 radical (unpaired) electrons. The van der Waals surface area contributed by atoms with Crippen LogP contribution in [0.15, 0.2) is 60.7 Å². The van der Waals surface area contributed by atoms with E-state index in [1.165, 1.54) is 5.56 Å². The van der Waals surface area contributed by atoms with E-state index in [0.29, 0.717) is 29.6 Å². The Bertz CT molecular complexity index is 1440. The Hall–Kier alpha value is -4.12. The molecule has 222 valence electrons. The number of aryl methyl sites for hydroxylation is 1. The number of carboxylic acids is 1. The highest BCUT2D eigenvalue weighted by atomic mass is 16.5. The van der Waals surface area contributed by atoms with Crippen molar-refractivity contribution in [3.8, 4) is 22.6 Å². The quantitative estimate of drug-likeness (QED) is 0.244. The Morgan fingerprint density at radius 1 is 1.00 bits per heavy atom. The van der Waals surface area contributed by atoms with Crippen LogP contribution in [0.2, 0.25) is 0 Å². The highest BCUT2D eigenvalue weighted by Crippen LogP contribution is 2.40. The van der Waals surface area contributed by atoms with Crippen LogP contribution in [-0.2, 0) is 4.79 Å². The molecule has 1 aliphatic heterocycles. The van der Waals surface area contributed by atoms with Gasteiger partial charge in [0, 0.05) is 6.42 Å². The van der Waals surface area contributed by atoms with Crippen molar-refractivity contribution in [1.82, 2.24) is 0 Å². The maximum absolute atomic E-state index is 13.5. The number of hydrogen-bond donors (Lipinski definition) is 5. The highest BCUT2D eigenvalue weighted by molar-refractivity contribution is 6.04. The fraction of sp³-hybridized carbons (Fsp3) is 0.375. The molecule has 1 aliphatic carbocycles. The van der Waals surface area contributed by atoms with E-state index >= 15 is 0 Å². The smallest absolute Gasteiger partial charge is 0.326 e. The number of nitrogens with one attached hydrogen (secondary N) is 1. The minimum absolute atomic E-state index is 0.227. The molecule has 0 bridgehead atoms. The molecule has 0 saturated heterocycles. The SMILES string of the molecule is Cc1ccc(OC(N)(N)N)c(NC(=O)N2CC(C)Oc3cc(-c4ccc(C5CCC(CC(=O)O)CC5)cc4)ccc32)c1. The van der Waals surface area contributed by atoms with E-state index in [4.69, 9.17) is 31.8 Å². The Balaban J connectivity index is 1.31. The lowest BCUT2D eigenvalue weighted by atomic mass is 9.77. The van der Waals surface area contributed by atoms with Gasteiger partial charge in [0.1, 0.15) is 17.6 Å². The number of urea groups is 1. The van der Waals surface area contributed by atoms with E-state index in [0.717, 1.165) is 42.4 Å². The van der Waals surface area contributed by atoms with Gasteiger partial charge in [-0.15, -0.1) is 0 Å². The summed E-state index contributed by atoms with van der Waals surface area (Å²) < 4.78 is 11.6. The second-order valence-corrected chi connectivity index (χ2v) is 11.5. The predicted molar refractivity (Wildman–Crippen MR) is 162 cm³/mol. The first-order valence-electron chi connectivity index (χ1n) is 14.3. The van der Waals surface area contributed by atoms with Crippen LogP contribution in [0.25, 0.3) is 11.1 Å². The van der Waals surface area contributed by atoms with Crippen molar-refractivity contribution in [3.05, 3.63) is 71.8 Å². The minimum atomic E-state index is -1.90. The second-order valence-electron chi connectivity index (χ2n) is 11.5. The van der Waals surface area contributed by atoms with Crippen LogP contribution in [0, 0.1) is 12.8 Å². The van der Waals surface area contributed by atoms with Crippen LogP contribution >= 0.6 is 0 Å². The van der Waals surface area contributed by atoms with Gasteiger partial charge in [-0.3, -0.25) is 26.9 Å². The fourth-order valence-corrected chi connectivity index (χ4v) is 5.91. The van der Waals surface area contributed by atoms with Crippen LogP contribution in [0.4, 0.5) is 16.2 Å². The van der Waals surface area contributed by atoms with Crippen molar-refractivity contribution in [3.63, 3.8) is 0 Å². The number of fused-ring (bicyclic) bond motifs is 1. The Morgan fingerprint density at radius 2 is 1.69 bits per heavy atom. The fourth-order valence-electron chi connectivity index (χ4n) is 5.91. The van der Waals surface area contributed by atoms with E-state index in [-0.39, 0.29) is 30.2 Å². The first kappa shape index (κ1) is 29.4. The molecule has 10 heteroatoms. The van der Waals surface area contributed by atoms with E-state index in [1.807, 2.05) is 38.1 Å². The second kappa shape index (κ2) is 12.0. The summed E-state index contributed by atoms with van der Waals surface area (Å²) in [6, 6.07) is 19.3. The zero-order valence-electron chi connectivity index (χ0n) is 24.0. The number of hydrogen-bond acceptors (Lipinski definition) is 7. The number of nitrogens with zero attached hydrogens (tertiary/aromatic N) is 1. The standard InChI is InChI=1S/C32H39N5O5/c1-19-3-14-28(42-32(33,34)35)26(15-19)36-31(40)37-18-20(2)41-29-17-25(12-13-27(29)37)24-10-8-23(9-11-24)22-6-4-21(5-7-22)16-30(38)39/h3,8-15,17,20-22H,4-7,16,18,33-35H2,1-2H3,(H,36,40)(H,38,39). The molecule has 2 amide bonds. The van der Waals surface area contributed by atoms with Gasteiger partial charge in [-0.25, -0.2) is 4.79 Å². The van der Waals surface area contributed by atoms with Crippen LogP contribution in [0.1, 0.15) is 56.1 Å². The molecule has 0 aromatic heterocycles. The number of carboxylic acid groups (broad SMARTS) is 1. The summed E-state index contributed by atoms with van der Waals surface area (Å²) in [6.45, 7) is 4.17. The number of anilines is 2. The van der Waals surface area contributed by atoms with Crippen molar-refractivity contribution in [1.29, 1.82) is 0 Å². The van der Waals surface area contributed by atoms with Crippen LogP contribution < -0.4 is 36.9 Å². The van der Waals surface area contributed by atoms with Crippen molar-refractivity contribution in [2.75, 3.05) is 16.8 Å². The molecule has 0 spiro atoms. The first-order chi connectivity index (χ1) is 19.9. The molecule has 1 atom stereocenters. The molecular formula is C32H39N5O5. The number of carbonyl (C=O) groups is 2. The zero-order chi connectivity index (χ0) is 30.0. The number of rotatable bonds is 7. The summed E-state index contributed by atoms with van der Waals surface area (Å²) in [5.74, 6) is -0.984. The lowest BCUT2D eigenvalue weighted by Gasteiger charge is -2.34. The number of nitrogens with two attached hydrogens (primary N) is 3. The minimum Gasteiger partial charge on any atom is -0.487 e. The normalized spacial score (nSPS) is 20.3. The van der Waals surface area contributed by atoms with Gasteiger partial charge in [0.2, 0.25) is 0 Å². The van der Waals surface area contributed by atoms with Crippen molar-refractivity contribution < 1.29 is 24.2 Å². The molecule has 10 nitrogen and oxygen atoms in total. The Labute approximate surface area is 245 Å². The largest absolute Gasteiger partial charge is 0.487 e. The van der Waals surface area contributed by atoms with Crippen molar-refractivity contribution in [2.24, 2.45) is 23.1 Å². The number of ether oxygens (including phenoxy) is 2. The Kier molecular flexibility index (Phi) is 8.40. The zero-order valence-corrected chi connectivity index (χ0v) is 24.0. The van der Waals surface area contributed by atoms with E-state index in [2.05, 4.69) is 29.6 Å². The van der Waals surface area contributed by atoms with Gasteiger partial charge in [0.15, 0.2) is 0 Å². The molecule has 1 heterocycles. The molecule has 42 heavy (non-hydrogen) atoms. The average molecular weight is 574 g/mol. The van der Waals surface area contributed by atoms with E-state index < -0.39 is 11.9 Å². The van der Waals surface area contributed by atoms with E-state index in [1.54, 1.807) is 17.0 Å². The summed E-state index contributed by atoms with van der Waals surface area (Å²) in [5, 5.41) is 12.0. The summed E-state index contributed by atoms with van der Waals surface area (Å²) >= 11 is 0. The third kappa shape index (κ3) is 7.02. The lowest BCUT2D eigenvalue weighted by Crippen LogP contribution is -2.62. The number of carbonyl (C=O) groups excluding carboxylic acids is 1. The predicted octanol–water partition coefficient (Wildman–Crippen LogP) is 5.10.